The maximum atomic E-state index is 8.50. The summed E-state index contributed by atoms with van der Waals surface area (Å²) < 4.78 is 5.03. The van der Waals surface area contributed by atoms with E-state index in [1.807, 2.05) is 6.92 Å². The highest BCUT2D eigenvalue weighted by molar-refractivity contribution is 4.97. The molecule has 1 aliphatic heterocycles. The summed E-state index contributed by atoms with van der Waals surface area (Å²) in [5.41, 5.74) is -0.181. The molecule has 0 radical (unpaired) electrons. The zero-order valence-corrected chi connectivity index (χ0v) is 4.98. The summed E-state index contributed by atoms with van der Waals surface area (Å²) in [5, 5.41) is 8.50. The Kier molecular flexibility index (Phi) is 1.22. The molecule has 1 rings (SSSR count). The van der Waals surface area contributed by atoms with Gasteiger partial charge in [0.25, 0.3) is 0 Å². The average molecular weight is 111 g/mol. The molecule has 1 heterocycles. The maximum absolute atomic E-state index is 8.50. The molecule has 0 saturated carbocycles. The third-order valence-electron chi connectivity index (χ3n) is 1.49. The summed E-state index contributed by atoms with van der Waals surface area (Å²) in [4.78, 5) is 0. The monoisotopic (exact) mass is 111 g/mol. The van der Waals surface area contributed by atoms with Crippen LogP contribution in [0.4, 0.5) is 0 Å². The molecule has 0 N–H and O–H groups in total. The van der Waals surface area contributed by atoms with Gasteiger partial charge in [0, 0.05) is 6.61 Å². The summed E-state index contributed by atoms with van der Waals surface area (Å²) in [7, 11) is 0. The molecule has 0 bridgehead atoms. The van der Waals surface area contributed by atoms with E-state index >= 15 is 0 Å². The van der Waals surface area contributed by atoms with Crippen LogP contribution in [0.1, 0.15) is 13.3 Å². The van der Waals surface area contributed by atoms with Gasteiger partial charge in [0.05, 0.1) is 18.1 Å². The van der Waals surface area contributed by atoms with Crippen molar-refractivity contribution in [1.29, 1.82) is 5.26 Å². The quantitative estimate of drug-likeness (QED) is 0.466. The minimum Gasteiger partial charge on any atom is -0.380 e. The van der Waals surface area contributed by atoms with Gasteiger partial charge in [0.2, 0.25) is 0 Å². The molecular weight excluding hydrogens is 102 g/mol. The van der Waals surface area contributed by atoms with E-state index in [-0.39, 0.29) is 5.41 Å². The summed E-state index contributed by atoms with van der Waals surface area (Å²) in [6.07, 6.45) is 0.892. The van der Waals surface area contributed by atoms with Gasteiger partial charge in [-0.25, -0.2) is 0 Å². The molecule has 0 aliphatic carbocycles. The maximum Gasteiger partial charge on any atom is 0.0800 e. The molecule has 0 aromatic carbocycles. The second kappa shape index (κ2) is 1.75. The van der Waals surface area contributed by atoms with E-state index in [2.05, 4.69) is 6.07 Å². The van der Waals surface area contributed by atoms with Gasteiger partial charge in [-0.2, -0.15) is 5.26 Å². The zero-order valence-electron chi connectivity index (χ0n) is 4.98. The fraction of sp³-hybridized carbons (Fsp3) is 0.833. The Morgan fingerprint density at radius 3 is 2.75 bits per heavy atom. The molecule has 0 amide bonds. The number of hydrogen-bond acceptors (Lipinski definition) is 2. The Morgan fingerprint density at radius 2 is 2.50 bits per heavy atom. The summed E-state index contributed by atoms with van der Waals surface area (Å²) in [6.45, 7) is 3.30. The third kappa shape index (κ3) is 0.823. The van der Waals surface area contributed by atoms with Crippen molar-refractivity contribution in [2.24, 2.45) is 5.41 Å². The van der Waals surface area contributed by atoms with Gasteiger partial charge < -0.3 is 4.74 Å². The highest BCUT2D eigenvalue weighted by atomic mass is 16.5. The van der Waals surface area contributed by atoms with Crippen molar-refractivity contribution < 1.29 is 4.74 Å². The topological polar surface area (TPSA) is 33.0 Å². The van der Waals surface area contributed by atoms with Crippen molar-refractivity contribution in [3.8, 4) is 6.07 Å². The number of hydrogen-bond donors (Lipinski definition) is 0. The second-order valence-corrected chi connectivity index (χ2v) is 2.48. The van der Waals surface area contributed by atoms with Crippen LogP contribution in [0.25, 0.3) is 0 Å². The van der Waals surface area contributed by atoms with Crippen LogP contribution in [0.2, 0.25) is 0 Å². The summed E-state index contributed by atoms with van der Waals surface area (Å²) in [5.74, 6) is 0. The Morgan fingerprint density at radius 1 is 1.75 bits per heavy atom. The molecule has 2 nitrogen and oxygen atoms in total. The molecule has 44 valence electrons. The molecule has 1 fully saturated rings. The van der Waals surface area contributed by atoms with Crippen LogP contribution < -0.4 is 0 Å². The lowest BCUT2D eigenvalue weighted by atomic mass is 9.93. The smallest absolute Gasteiger partial charge is 0.0800 e. The standard InChI is InChI=1S/C6H9NO/c1-6(4-7)2-3-8-5-6/h2-3,5H2,1H3/t6-/m0/s1. The molecular formula is C6H9NO. The Bertz CT molecular complexity index is 119. The van der Waals surface area contributed by atoms with Crippen LogP contribution in [0.3, 0.4) is 0 Å². The van der Waals surface area contributed by atoms with Crippen LogP contribution in [0.5, 0.6) is 0 Å². The van der Waals surface area contributed by atoms with Crippen molar-refractivity contribution in [3.05, 3.63) is 0 Å². The molecule has 0 aromatic heterocycles. The van der Waals surface area contributed by atoms with Gasteiger partial charge in [-0.05, 0) is 13.3 Å². The van der Waals surface area contributed by atoms with Crippen molar-refractivity contribution >= 4 is 0 Å². The Hall–Kier alpha value is -0.550. The first-order chi connectivity index (χ1) is 3.77. The second-order valence-electron chi connectivity index (χ2n) is 2.48. The fourth-order valence-corrected chi connectivity index (χ4v) is 0.755. The lowest BCUT2D eigenvalue weighted by molar-refractivity contribution is 0.176. The normalized spacial score (nSPS) is 37.0. The number of ether oxygens (including phenoxy) is 1. The fourth-order valence-electron chi connectivity index (χ4n) is 0.755. The zero-order chi connectivity index (χ0) is 6.04. The van der Waals surface area contributed by atoms with Crippen LogP contribution in [-0.4, -0.2) is 13.2 Å². The van der Waals surface area contributed by atoms with Crippen LogP contribution >= 0.6 is 0 Å². The molecule has 0 spiro atoms. The molecule has 8 heavy (non-hydrogen) atoms. The van der Waals surface area contributed by atoms with Crippen molar-refractivity contribution in [2.45, 2.75) is 13.3 Å². The Labute approximate surface area is 49.1 Å². The predicted molar refractivity (Wildman–Crippen MR) is 29.2 cm³/mol. The van der Waals surface area contributed by atoms with Crippen LogP contribution in [-0.2, 0) is 4.74 Å². The Balaban J connectivity index is 2.56. The average Bonchev–Trinajstić information content (AvgIpc) is 2.17. The first-order valence-corrected chi connectivity index (χ1v) is 2.76. The van der Waals surface area contributed by atoms with Crippen molar-refractivity contribution in [1.82, 2.24) is 0 Å². The number of nitrogens with zero attached hydrogens (tertiary/aromatic N) is 1. The van der Waals surface area contributed by atoms with Gasteiger partial charge in [0.1, 0.15) is 0 Å². The van der Waals surface area contributed by atoms with Gasteiger partial charge in [-0.1, -0.05) is 0 Å². The van der Waals surface area contributed by atoms with E-state index in [4.69, 9.17) is 10.00 Å². The summed E-state index contributed by atoms with van der Waals surface area (Å²) in [6, 6.07) is 2.22. The minimum atomic E-state index is -0.181. The van der Waals surface area contributed by atoms with E-state index in [1.165, 1.54) is 0 Å². The molecule has 0 aromatic rings. The molecule has 1 saturated heterocycles. The largest absolute Gasteiger partial charge is 0.380 e. The highest BCUT2D eigenvalue weighted by Gasteiger charge is 2.28. The first kappa shape index (κ1) is 5.58. The van der Waals surface area contributed by atoms with E-state index < -0.39 is 0 Å². The molecule has 2 heteroatoms. The van der Waals surface area contributed by atoms with E-state index in [0.29, 0.717) is 6.61 Å². The van der Waals surface area contributed by atoms with E-state index in [1.54, 1.807) is 0 Å². The minimum absolute atomic E-state index is 0.181. The number of rotatable bonds is 0. The van der Waals surface area contributed by atoms with Crippen LogP contribution in [0, 0.1) is 16.7 Å². The van der Waals surface area contributed by atoms with Gasteiger partial charge in [-0.15, -0.1) is 0 Å². The summed E-state index contributed by atoms with van der Waals surface area (Å²) >= 11 is 0. The highest BCUT2D eigenvalue weighted by Crippen LogP contribution is 2.25. The van der Waals surface area contributed by atoms with Crippen LogP contribution in [0.15, 0.2) is 0 Å². The third-order valence-corrected chi connectivity index (χ3v) is 1.49. The van der Waals surface area contributed by atoms with Gasteiger partial charge >= 0.3 is 0 Å². The lowest BCUT2D eigenvalue weighted by Crippen LogP contribution is -2.11. The molecule has 1 atom stereocenters. The lowest BCUT2D eigenvalue weighted by Gasteiger charge is -2.07. The van der Waals surface area contributed by atoms with Gasteiger partial charge in [0.15, 0.2) is 0 Å². The molecule has 0 unspecified atom stereocenters. The molecule has 1 aliphatic rings. The van der Waals surface area contributed by atoms with Crippen molar-refractivity contribution in [3.63, 3.8) is 0 Å². The number of nitriles is 1. The van der Waals surface area contributed by atoms with E-state index in [9.17, 15) is 0 Å². The van der Waals surface area contributed by atoms with E-state index in [0.717, 1.165) is 13.0 Å². The van der Waals surface area contributed by atoms with Crippen molar-refractivity contribution in [2.75, 3.05) is 13.2 Å². The SMILES string of the molecule is C[C@@]1(C#N)CCOC1. The predicted octanol–water partition coefficient (Wildman–Crippen LogP) is 0.937. The first-order valence-electron chi connectivity index (χ1n) is 2.76. The van der Waals surface area contributed by atoms with Gasteiger partial charge in [-0.3, -0.25) is 0 Å².